The summed E-state index contributed by atoms with van der Waals surface area (Å²) in [5.41, 5.74) is 2.79. The number of aryl methyl sites for hydroxylation is 1. The van der Waals surface area contributed by atoms with Gasteiger partial charge in [0, 0.05) is 6.42 Å². The van der Waals surface area contributed by atoms with Crippen LogP contribution in [0.1, 0.15) is 23.6 Å². The van der Waals surface area contributed by atoms with E-state index in [0.717, 1.165) is 23.1 Å². The van der Waals surface area contributed by atoms with Gasteiger partial charge in [-0.1, -0.05) is 31.2 Å². The molecule has 2 aromatic carbocycles. The predicted molar refractivity (Wildman–Crippen MR) is 66.7 cm³/mol. The van der Waals surface area contributed by atoms with Crippen LogP contribution in [0.3, 0.4) is 0 Å². The fourth-order valence-electron chi connectivity index (χ4n) is 1.85. The number of aromatic hydroxyl groups is 1. The molecule has 0 unspecified atom stereocenters. The summed E-state index contributed by atoms with van der Waals surface area (Å²) in [6.07, 6.45) is 1.45. The van der Waals surface area contributed by atoms with Gasteiger partial charge in [0.25, 0.3) is 0 Å². The van der Waals surface area contributed by atoms with Gasteiger partial charge in [0.2, 0.25) is 0 Å². The van der Waals surface area contributed by atoms with Crippen molar-refractivity contribution in [3.8, 4) is 5.75 Å². The molecule has 1 nitrogen and oxygen atoms in total. The van der Waals surface area contributed by atoms with E-state index in [1.165, 1.54) is 12.1 Å². The maximum absolute atomic E-state index is 13.0. The van der Waals surface area contributed by atoms with Gasteiger partial charge in [0.1, 0.15) is 11.6 Å². The van der Waals surface area contributed by atoms with Crippen LogP contribution in [0.2, 0.25) is 0 Å². The largest absolute Gasteiger partial charge is 0.508 e. The lowest BCUT2D eigenvalue weighted by Crippen LogP contribution is -1.91. The number of rotatable bonds is 3. The van der Waals surface area contributed by atoms with E-state index in [1.54, 1.807) is 12.1 Å². The molecule has 88 valence electrons. The molecule has 0 heterocycles. The first-order chi connectivity index (χ1) is 8.19. The Labute approximate surface area is 101 Å². The molecule has 0 atom stereocenters. The average molecular weight is 230 g/mol. The number of phenols is 1. The van der Waals surface area contributed by atoms with Crippen molar-refractivity contribution >= 4 is 0 Å². The molecule has 0 saturated carbocycles. The third-order valence-corrected chi connectivity index (χ3v) is 2.84. The molecule has 17 heavy (non-hydrogen) atoms. The van der Waals surface area contributed by atoms with Crippen molar-refractivity contribution in [3.63, 3.8) is 0 Å². The van der Waals surface area contributed by atoms with Crippen LogP contribution < -0.4 is 0 Å². The van der Waals surface area contributed by atoms with E-state index >= 15 is 0 Å². The molecule has 2 rings (SSSR count). The summed E-state index contributed by atoms with van der Waals surface area (Å²) in [5.74, 6) is 0.0424. The minimum Gasteiger partial charge on any atom is -0.508 e. The van der Waals surface area contributed by atoms with E-state index in [4.69, 9.17) is 0 Å². The Bertz CT molecular complexity index is 520. The van der Waals surface area contributed by atoms with Crippen LogP contribution in [0, 0.1) is 5.82 Å². The molecule has 0 amide bonds. The Hall–Kier alpha value is -1.83. The molecular formula is C15H15FO. The lowest BCUT2D eigenvalue weighted by Gasteiger charge is -2.06. The molecule has 2 aromatic rings. The van der Waals surface area contributed by atoms with Gasteiger partial charge < -0.3 is 5.11 Å². The summed E-state index contributed by atoms with van der Waals surface area (Å²) < 4.78 is 13.0. The Kier molecular flexibility index (Phi) is 3.43. The third kappa shape index (κ3) is 2.84. The molecule has 0 aliphatic heterocycles. The number of benzene rings is 2. The van der Waals surface area contributed by atoms with E-state index in [-0.39, 0.29) is 11.6 Å². The smallest absolute Gasteiger partial charge is 0.123 e. The highest BCUT2D eigenvalue weighted by Crippen LogP contribution is 2.22. The van der Waals surface area contributed by atoms with Crippen LogP contribution in [-0.4, -0.2) is 5.11 Å². The van der Waals surface area contributed by atoms with E-state index < -0.39 is 0 Å². The fourth-order valence-corrected chi connectivity index (χ4v) is 1.85. The minimum absolute atomic E-state index is 0.243. The van der Waals surface area contributed by atoms with Crippen molar-refractivity contribution in [2.24, 2.45) is 0 Å². The van der Waals surface area contributed by atoms with Crippen LogP contribution >= 0.6 is 0 Å². The molecule has 2 heteroatoms. The van der Waals surface area contributed by atoms with Crippen LogP contribution in [0.4, 0.5) is 4.39 Å². The Morgan fingerprint density at radius 2 is 1.88 bits per heavy atom. The molecule has 1 N–H and O–H groups in total. The maximum Gasteiger partial charge on any atom is 0.123 e. The van der Waals surface area contributed by atoms with Crippen molar-refractivity contribution in [3.05, 3.63) is 65.0 Å². The van der Waals surface area contributed by atoms with Gasteiger partial charge in [-0.2, -0.15) is 0 Å². The fraction of sp³-hybridized carbons (Fsp3) is 0.200. The number of phenolic OH excluding ortho intramolecular Hbond substituents is 1. The van der Waals surface area contributed by atoms with Crippen LogP contribution in [-0.2, 0) is 12.8 Å². The zero-order valence-corrected chi connectivity index (χ0v) is 9.78. The summed E-state index contributed by atoms with van der Waals surface area (Å²) in [6.45, 7) is 2.04. The van der Waals surface area contributed by atoms with Gasteiger partial charge in [-0.3, -0.25) is 0 Å². The second-order valence-corrected chi connectivity index (χ2v) is 4.12. The SMILES string of the molecule is CCc1ccc(Cc2cccc(F)c2)c(O)c1. The highest BCUT2D eigenvalue weighted by atomic mass is 19.1. The van der Waals surface area contributed by atoms with Gasteiger partial charge in [-0.25, -0.2) is 4.39 Å². The van der Waals surface area contributed by atoms with Crippen molar-refractivity contribution in [1.82, 2.24) is 0 Å². The quantitative estimate of drug-likeness (QED) is 0.852. The minimum atomic E-state index is -0.243. The lowest BCUT2D eigenvalue weighted by atomic mass is 10.0. The molecule has 0 radical (unpaired) electrons. The Morgan fingerprint density at radius 1 is 1.06 bits per heavy atom. The summed E-state index contributed by atoms with van der Waals surface area (Å²) in [7, 11) is 0. The lowest BCUT2D eigenvalue weighted by molar-refractivity contribution is 0.468. The summed E-state index contributed by atoms with van der Waals surface area (Å²) in [5, 5.41) is 9.86. The van der Waals surface area contributed by atoms with Gasteiger partial charge in [-0.05, 0) is 41.3 Å². The molecule has 0 aliphatic rings. The Morgan fingerprint density at radius 3 is 2.53 bits per heavy atom. The summed E-state index contributed by atoms with van der Waals surface area (Å²) in [4.78, 5) is 0. The monoisotopic (exact) mass is 230 g/mol. The summed E-state index contributed by atoms with van der Waals surface area (Å²) in [6, 6.07) is 12.1. The highest BCUT2D eigenvalue weighted by Gasteiger charge is 2.04. The normalized spacial score (nSPS) is 10.5. The second-order valence-electron chi connectivity index (χ2n) is 4.12. The van der Waals surface area contributed by atoms with Crippen molar-refractivity contribution in [1.29, 1.82) is 0 Å². The van der Waals surface area contributed by atoms with Gasteiger partial charge in [0.05, 0.1) is 0 Å². The number of hydrogen-bond donors (Lipinski definition) is 1. The van der Waals surface area contributed by atoms with Crippen molar-refractivity contribution < 1.29 is 9.50 Å². The number of halogens is 1. The van der Waals surface area contributed by atoms with E-state index in [9.17, 15) is 9.50 Å². The number of hydrogen-bond acceptors (Lipinski definition) is 1. The average Bonchev–Trinajstić information content (AvgIpc) is 2.32. The molecule has 0 bridgehead atoms. The predicted octanol–water partition coefficient (Wildman–Crippen LogP) is 3.68. The first kappa shape index (κ1) is 11.6. The van der Waals surface area contributed by atoms with Crippen molar-refractivity contribution in [2.75, 3.05) is 0 Å². The van der Waals surface area contributed by atoms with Gasteiger partial charge in [-0.15, -0.1) is 0 Å². The van der Waals surface area contributed by atoms with Crippen LogP contribution in [0.15, 0.2) is 42.5 Å². The van der Waals surface area contributed by atoms with Crippen molar-refractivity contribution in [2.45, 2.75) is 19.8 Å². The highest BCUT2D eigenvalue weighted by molar-refractivity contribution is 5.39. The van der Waals surface area contributed by atoms with Gasteiger partial charge >= 0.3 is 0 Å². The standard InChI is InChI=1S/C15H15FO/c1-2-11-6-7-13(15(17)10-11)8-12-4-3-5-14(16)9-12/h3-7,9-10,17H,2,8H2,1H3. The maximum atomic E-state index is 13.0. The van der Waals surface area contributed by atoms with Crippen LogP contribution in [0.25, 0.3) is 0 Å². The second kappa shape index (κ2) is 5.00. The van der Waals surface area contributed by atoms with Crippen LogP contribution in [0.5, 0.6) is 5.75 Å². The molecule has 0 fully saturated rings. The van der Waals surface area contributed by atoms with E-state index in [2.05, 4.69) is 0 Å². The van der Waals surface area contributed by atoms with E-state index in [1.807, 2.05) is 25.1 Å². The zero-order chi connectivity index (χ0) is 12.3. The topological polar surface area (TPSA) is 20.2 Å². The molecule has 0 aromatic heterocycles. The molecule has 0 saturated heterocycles. The van der Waals surface area contributed by atoms with Gasteiger partial charge in [0.15, 0.2) is 0 Å². The Balaban J connectivity index is 2.24. The molecular weight excluding hydrogens is 215 g/mol. The first-order valence-electron chi connectivity index (χ1n) is 5.74. The molecule has 0 aliphatic carbocycles. The van der Waals surface area contributed by atoms with E-state index in [0.29, 0.717) is 6.42 Å². The third-order valence-electron chi connectivity index (χ3n) is 2.84. The summed E-state index contributed by atoms with van der Waals surface area (Å²) >= 11 is 0. The first-order valence-corrected chi connectivity index (χ1v) is 5.74. The zero-order valence-electron chi connectivity index (χ0n) is 9.78. The molecule has 0 spiro atoms.